The van der Waals surface area contributed by atoms with Gasteiger partial charge in [0.2, 0.25) is 11.7 Å². The summed E-state index contributed by atoms with van der Waals surface area (Å²) in [5.41, 5.74) is 1.53. The predicted octanol–water partition coefficient (Wildman–Crippen LogP) is 3.10. The smallest absolute Gasteiger partial charge is 0.253 e. The Morgan fingerprint density at radius 2 is 1.86 bits per heavy atom. The Kier molecular flexibility index (Phi) is 3.73. The SMILES string of the molecule is CN(C)C(=O)c1ccc(-c2noc(C3CCCC3)n2)cc1. The fourth-order valence-electron chi connectivity index (χ4n) is 2.71. The van der Waals surface area contributed by atoms with E-state index in [1.54, 1.807) is 31.1 Å². The first-order valence-corrected chi connectivity index (χ1v) is 7.31. The number of benzene rings is 1. The highest BCUT2D eigenvalue weighted by Crippen LogP contribution is 2.33. The van der Waals surface area contributed by atoms with Gasteiger partial charge in [0.05, 0.1) is 0 Å². The van der Waals surface area contributed by atoms with Crippen LogP contribution in [0.15, 0.2) is 28.8 Å². The van der Waals surface area contributed by atoms with E-state index in [0.717, 1.165) is 24.3 Å². The Hall–Kier alpha value is -2.17. The molecule has 1 aromatic carbocycles. The molecule has 1 aromatic heterocycles. The third-order valence-corrected chi connectivity index (χ3v) is 3.94. The van der Waals surface area contributed by atoms with Crippen molar-refractivity contribution in [2.24, 2.45) is 0 Å². The summed E-state index contributed by atoms with van der Waals surface area (Å²) in [5, 5.41) is 4.06. The number of nitrogens with zero attached hydrogens (tertiary/aromatic N) is 3. The van der Waals surface area contributed by atoms with Crippen molar-refractivity contribution in [3.05, 3.63) is 35.7 Å². The number of hydrogen-bond acceptors (Lipinski definition) is 4. The van der Waals surface area contributed by atoms with Gasteiger partial charge in [0.25, 0.3) is 5.91 Å². The first kappa shape index (κ1) is 13.8. The number of rotatable bonds is 3. The Labute approximate surface area is 124 Å². The van der Waals surface area contributed by atoms with E-state index in [9.17, 15) is 4.79 Å². The van der Waals surface area contributed by atoms with Crippen molar-refractivity contribution in [2.45, 2.75) is 31.6 Å². The average molecular weight is 285 g/mol. The van der Waals surface area contributed by atoms with Crippen LogP contribution in [0, 0.1) is 0 Å². The highest BCUT2D eigenvalue weighted by Gasteiger charge is 2.23. The van der Waals surface area contributed by atoms with Gasteiger partial charge in [-0.2, -0.15) is 4.98 Å². The van der Waals surface area contributed by atoms with Crippen molar-refractivity contribution in [1.82, 2.24) is 15.0 Å². The van der Waals surface area contributed by atoms with Gasteiger partial charge >= 0.3 is 0 Å². The van der Waals surface area contributed by atoms with Crippen LogP contribution in [0.2, 0.25) is 0 Å². The topological polar surface area (TPSA) is 59.2 Å². The molecule has 1 saturated carbocycles. The lowest BCUT2D eigenvalue weighted by Crippen LogP contribution is -2.21. The molecule has 1 aliphatic carbocycles. The third kappa shape index (κ3) is 2.82. The van der Waals surface area contributed by atoms with Crippen molar-refractivity contribution >= 4 is 5.91 Å². The van der Waals surface area contributed by atoms with E-state index in [1.807, 2.05) is 12.1 Å². The van der Waals surface area contributed by atoms with Crippen LogP contribution >= 0.6 is 0 Å². The van der Waals surface area contributed by atoms with Crippen molar-refractivity contribution < 1.29 is 9.32 Å². The van der Waals surface area contributed by atoms with Gasteiger partial charge < -0.3 is 9.42 Å². The summed E-state index contributed by atoms with van der Waals surface area (Å²) >= 11 is 0. The molecule has 110 valence electrons. The van der Waals surface area contributed by atoms with Crippen molar-refractivity contribution in [2.75, 3.05) is 14.1 Å². The summed E-state index contributed by atoms with van der Waals surface area (Å²) < 4.78 is 5.38. The lowest BCUT2D eigenvalue weighted by atomic mass is 10.1. The molecule has 1 fully saturated rings. The molecular weight excluding hydrogens is 266 g/mol. The van der Waals surface area contributed by atoms with E-state index in [-0.39, 0.29) is 5.91 Å². The zero-order valence-electron chi connectivity index (χ0n) is 12.4. The molecule has 5 heteroatoms. The van der Waals surface area contributed by atoms with E-state index < -0.39 is 0 Å². The zero-order chi connectivity index (χ0) is 14.8. The number of carbonyl (C=O) groups excluding carboxylic acids is 1. The van der Waals surface area contributed by atoms with E-state index >= 15 is 0 Å². The fraction of sp³-hybridized carbons (Fsp3) is 0.438. The second-order valence-electron chi connectivity index (χ2n) is 5.71. The summed E-state index contributed by atoms with van der Waals surface area (Å²) in [6, 6.07) is 7.31. The maximum atomic E-state index is 11.8. The fourth-order valence-corrected chi connectivity index (χ4v) is 2.71. The maximum Gasteiger partial charge on any atom is 0.253 e. The molecule has 0 aliphatic heterocycles. The molecule has 0 radical (unpaired) electrons. The number of aromatic nitrogens is 2. The minimum atomic E-state index is -0.0127. The molecule has 0 spiro atoms. The molecule has 1 aliphatic rings. The highest BCUT2D eigenvalue weighted by molar-refractivity contribution is 5.94. The monoisotopic (exact) mass is 285 g/mol. The zero-order valence-corrected chi connectivity index (χ0v) is 12.4. The molecule has 21 heavy (non-hydrogen) atoms. The molecule has 0 N–H and O–H groups in total. The van der Waals surface area contributed by atoms with Crippen LogP contribution in [0.4, 0.5) is 0 Å². The normalized spacial score (nSPS) is 15.3. The van der Waals surface area contributed by atoms with E-state index in [1.165, 1.54) is 12.8 Å². The van der Waals surface area contributed by atoms with Gasteiger partial charge in [-0.3, -0.25) is 4.79 Å². The molecule has 1 heterocycles. The summed E-state index contributed by atoms with van der Waals surface area (Å²) in [4.78, 5) is 17.9. The number of hydrogen-bond donors (Lipinski definition) is 0. The van der Waals surface area contributed by atoms with Gasteiger partial charge in [-0.25, -0.2) is 0 Å². The lowest BCUT2D eigenvalue weighted by molar-refractivity contribution is 0.0827. The van der Waals surface area contributed by atoms with Crippen LogP contribution < -0.4 is 0 Å². The second-order valence-corrected chi connectivity index (χ2v) is 5.71. The summed E-state index contributed by atoms with van der Waals surface area (Å²) in [6.45, 7) is 0. The van der Waals surface area contributed by atoms with E-state index in [0.29, 0.717) is 17.3 Å². The first-order chi connectivity index (χ1) is 10.1. The Balaban J connectivity index is 1.79. The van der Waals surface area contributed by atoms with Crippen molar-refractivity contribution in [3.8, 4) is 11.4 Å². The Morgan fingerprint density at radius 3 is 2.48 bits per heavy atom. The van der Waals surface area contributed by atoms with Gasteiger partial charge in [0.15, 0.2) is 0 Å². The Bertz CT molecular complexity index is 625. The molecule has 5 nitrogen and oxygen atoms in total. The van der Waals surface area contributed by atoms with Gasteiger partial charge in [0, 0.05) is 31.1 Å². The van der Waals surface area contributed by atoms with Crippen LogP contribution in [0.5, 0.6) is 0 Å². The van der Waals surface area contributed by atoms with Crippen molar-refractivity contribution in [1.29, 1.82) is 0 Å². The molecule has 1 amide bonds. The van der Waals surface area contributed by atoms with Gasteiger partial charge in [-0.1, -0.05) is 30.1 Å². The highest BCUT2D eigenvalue weighted by atomic mass is 16.5. The molecule has 2 aromatic rings. The second kappa shape index (κ2) is 5.68. The molecule has 0 saturated heterocycles. The van der Waals surface area contributed by atoms with Crippen LogP contribution in [-0.4, -0.2) is 35.0 Å². The maximum absolute atomic E-state index is 11.8. The summed E-state index contributed by atoms with van der Waals surface area (Å²) in [7, 11) is 3.48. The van der Waals surface area contributed by atoms with Gasteiger partial charge in [-0.05, 0) is 25.0 Å². The van der Waals surface area contributed by atoms with Crippen molar-refractivity contribution in [3.63, 3.8) is 0 Å². The molecule has 3 rings (SSSR count). The van der Waals surface area contributed by atoms with Gasteiger partial charge in [-0.15, -0.1) is 0 Å². The minimum Gasteiger partial charge on any atom is -0.345 e. The predicted molar refractivity (Wildman–Crippen MR) is 79.0 cm³/mol. The quantitative estimate of drug-likeness (QED) is 0.869. The molecular formula is C16H19N3O2. The van der Waals surface area contributed by atoms with E-state index in [4.69, 9.17) is 4.52 Å². The van der Waals surface area contributed by atoms with E-state index in [2.05, 4.69) is 10.1 Å². The van der Waals surface area contributed by atoms with Crippen LogP contribution in [0.3, 0.4) is 0 Å². The largest absolute Gasteiger partial charge is 0.345 e. The summed E-state index contributed by atoms with van der Waals surface area (Å²) in [6.07, 6.45) is 4.75. The van der Waals surface area contributed by atoms with Gasteiger partial charge in [0.1, 0.15) is 0 Å². The third-order valence-electron chi connectivity index (χ3n) is 3.94. The number of carbonyl (C=O) groups is 1. The lowest BCUT2D eigenvalue weighted by Gasteiger charge is -2.09. The average Bonchev–Trinajstić information content (AvgIpc) is 3.17. The molecule has 0 atom stereocenters. The first-order valence-electron chi connectivity index (χ1n) is 7.31. The Morgan fingerprint density at radius 1 is 1.19 bits per heavy atom. The number of amides is 1. The standard InChI is InChI=1S/C16H19N3O2/c1-19(2)16(20)13-9-7-11(8-10-13)14-17-15(21-18-14)12-5-3-4-6-12/h7-10,12H,3-6H2,1-2H3. The van der Waals surface area contributed by atoms with Crippen LogP contribution in [-0.2, 0) is 0 Å². The molecule has 0 unspecified atom stereocenters. The minimum absolute atomic E-state index is 0.0127. The van der Waals surface area contributed by atoms with Crippen LogP contribution in [0.25, 0.3) is 11.4 Å². The molecule has 0 bridgehead atoms. The summed E-state index contributed by atoms with van der Waals surface area (Å²) in [5.74, 6) is 1.75. The van der Waals surface area contributed by atoms with Crippen LogP contribution in [0.1, 0.15) is 47.8 Å².